The summed E-state index contributed by atoms with van der Waals surface area (Å²) in [5, 5.41) is 8.94. The summed E-state index contributed by atoms with van der Waals surface area (Å²) in [6, 6.07) is 3.48. The zero-order valence-corrected chi connectivity index (χ0v) is 11.1. The number of aliphatic carboxylic acids is 1. The Morgan fingerprint density at radius 2 is 1.94 bits per heavy atom. The SMILES string of the molecule is COC(=O)c1cc(C)c(C)c(CC(C)C(=O)O)c1. The smallest absolute Gasteiger partial charge is 0.337 e. The third-order valence-corrected chi connectivity index (χ3v) is 3.14. The zero-order valence-electron chi connectivity index (χ0n) is 11.1. The van der Waals surface area contributed by atoms with Crippen molar-refractivity contribution in [1.82, 2.24) is 0 Å². The Bertz CT molecular complexity index is 477. The molecule has 1 unspecified atom stereocenters. The van der Waals surface area contributed by atoms with Crippen molar-refractivity contribution in [3.63, 3.8) is 0 Å². The van der Waals surface area contributed by atoms with Crippen LogP contribution in [0.25, 0.3) is 0 Å². The van der Waals surface area contributed by atoms with Crippen LogP contribution in [0.2, 0.25) is 0 Å². The molecule has 0 amide bonds. The Balaban J connectivity index is 3.14. The van der Waals surface area contributed by atoms with Gasteiger partial charge in [0.05, 0.1) is 18.6 Å². The van der Waals surface area contributed by atoms with Gasteiger partial charge in [0.1, 0.15) is 0 Å². The molecule has 0 aliphatic heterocycles. The number of benzene rings is 1. The van der Waals surface area contributed by atoms with E-state index >= 15 is 0 Å². The highest BCUT2D eigenvalue weighted by Gasteiger charge is 2.16. The average molecular weight is 250 g/mol. The fraction of sp³-hybridized carbons (Fsp3) is 0.429. The van der Waals surface area contributed by atoms with Gasteiger partial charge < -0.3 is 9.84 Å². The summed E-state index contributed by atoms with van der Waals surface area (Å²) in [7, 11) is 1.33. The second-order valence-corrected chi connectivity index (χ2v) is 4.51. The van der Waals surface area contributed by atoms with Crippen molar-refractivity contribution in [3.05, 3.63) is 34.4 Å². The van der Waals surface area contributed by atoms with Crippen LogP contribution in [-0.2, 0) is 16.0 Å². The van der Waals surface area contributed by atoms with Crippen molar-refractivity contribution in [2.24, 2.45) is 5.92 Å². The lowest BCUT2D eigenvalue weighted by Crippen LogP contribution is -2.14. The first-order valence-electron chi connectivity index (χ1n) is 5.78. The first-order valence-corrected chi connectivity index (χ1v) is 5.78. The van der Waals surface area contributed by atoms with Crippen LogP contribution in [0.15, 0.2) is 12.1 Å². The molecule has 0 aliphatic carbocycles. The largest absolute Gasteiger partial charge is 0.481 e. The molecule has 18 heavy (non-hydrogen) atoms. The summed E-state index contributed by atoms with van der Waals surface area (Å²) in [6.07, 6.45) is 0.410. The van der Waals surface area contributed by atoms with E-state index in [0.717, 1.165) is 16.7 Å². The molecule has 0 fully saturated rings. The zero-order chi connectivity index (χ0) is 13.9. The summed E-state index contributed by atoms with van der Waals surface area (Å²) in [4.78, 5) is 22.4. The molecular formula is C14H18O4. The van der Waals surface area contributed by atoms with Gasteiger partial charge in [-0.25, -0.2) is 4.79 Å². The molecule has 1 N–H and O–H groups in total. The average Bonchev–Trinajstić information content (AvgIpc) is 2.33. The van der Waals surface area contributed by atoms with Gasteiger partial charge in [0, 0.05) is 0 Å². The fourth-order valence-electron chi connectivity index (χ4n) is 1.80. The van der Waals surface area contributed by atoms with E-state index in [4.69, 9.17) is 5.11 Å². The van der Waals surface area contributed by atoms with Crippen LogP contribution in [0.3, 0.4) is 0 Å². The first kappa shape index (κ1) is 14.2. The van der Waals surface area contributed by atoms with Gasteiger partial charge in [-0.3, -0.25) is 4.79 Å². The third kappa shape index (κ3) is 3.09. The lowest BCUT2D eigenvalue weighted by Gasteiger charge is -2.13. The molecule has 1 atom stereocenters. The number of ether oxygens (including phenoxy) is 1. The lowest BCUT2D eigenvalue weighted by molar-refractivity contribution is -0.141. The molecule has 4 nitrogen and oxygen atoms in total. The van der Waals surface area contributed by atoms with Gasteiger partial charge in [-0.2, -0.15) is 0 Å². The minimum Gasteiger partial charge on any atom is -0.481 e. The number of carbonyl (C=O) groups is 2. The Hall–Kier alpha value is -1.84. The number of rotatable bonds is 4. The Morgan fingerprint density at radius 1 is 1.33 bits per heavy atom. The summed E-state index contributed by atoms with van der Waals surface area (Å²) >= 11 is 0. The second-order valence-electron chi connectivity index (χ2n) is 4.51. The van der Waals surface area contributed by atoms with Crippen molar-refractivity contribution < 1.29 is 19.4 Å². The summed E-state index contributed by atoms with van der Waals surface area (Å²) in [5.41, 5.74) is 3.33. The molecule has 0 spiro atoms. The van der Waals surface area contributed by atoms with Crippen LogP contribution in [0, 0.1) is 19.8 Å². The molecule has 0 radical (unpaired) electrons. The van der Waals surface area contributed by atoms with Crippen LogP contribution in [0.4, 0.5) is 0 Å². The summed E-state index contributed by atoms with van der Waals surface area (Å²) in [5.74, 6) is -1.71. The van der Waals surface area contributed by atoms with Crippen LogP contribution in [-0.4, -0.2) is 24.2 Å². The highest BCUT2D eigenvalue weighted by atomic mass is 16.5. The number of hydrogen-bond acceptors (Lipinski definition) is 3. The Kier molecular flexibility index (Phi) is 4.48. The molecule has 1 rings (SSSR count). The number of carboxylic acids is 1. The number of carbonyl (C=O) groups excluding carboxylic acids is 1. The van der Waals surface area contributed by atoms with Gasteiger partial charge in [-0.15, -0.1) is 0 Å². The maximum absolute atomic E-state index is 11.5. The van der Waals surface area contributed by atoms with Gasteiger partial charge in [0.15, 0.2) is 0 Å². The molecule has 1 aromatic carbocycles. The van der Waals surface area contributed by atoms with Gasteiger partial charge in [0.25, 0.3) is 0 Å². The van der Waals surface area contributed by atoms with Crippen LogP contribution >= 0.6 is 0 Å². The quantitative estimate of drug-likeness (QED) is 0.833. The van der Waals surface area contributed by atoms with Crippen molar-refractivity contribution >= 4 is 11.9 Å². The monoisotopic (exact) mass is 250 g/mol. The normalized spacial score (nSPS) is 12.0. The fourth-order valence-corrected chi connectivity index (χ4v) is 1.80. The molecule has 0 saturated heterocycles. The van der Waals surface area contributed by atoms with Gasteiger partial charge in [-0.1, -0.05) is 6.92 Å². The predicted molar refractivity (Wildman–Crippen MR) is 67.8 cm³/mol. The van der Waals surface area contributed by atoms with Crippen LogP contribution in [0.1, 0.15) is 34.0 Å². The highest BCUT2D eigenvalue weighted by molar-refractivity contribution is 5.90. The lowest BCUT2D eigenvalue weighted by atomic mass is 9.93. The van der Waals surface area contributed by atoms with Crippen molar-refractivity contribution in [2.45, 2.75) is 27.2 Å². The van der Waals surface area contributed by atoms with E-state index in [9.17, 15) is 9.59 Å². The van der Waals surface area contributed by atoms with Crippen molar-refractivity contribution in [3.8, 4) is 0 Å². The molecule has 0 saturated carbocycles. The van der Waals surface area contributed by atoms with Crippen LogP contribution in [0.5, 0.6) is 0 Å². The predicted octanol–water partition coefficient (Wildman–Crippen LogP) is 2.35. The first-order chi connectivity index (χ1) is 8.36. The Morgan fingerprint density at radius 3 is 2.44 bits per heavy atom. The number of methoxy groups -OCH3 is 1. The summed E-state index contributed by atoms with van der Waals surface area (Å²) in [6.45, 7) is 5.49. The highest BCUT2D eigenvalue weighted by Crippen LogP contribution is 2.20. The standard InChI is InChI=1S/C14H18O4/c1-8-5-12(14(17)18-4)7-11(10(8)3)6-9(2)13(15)16/h5,7,9H,6H2,1-4H3,(H,15,16). The van der Waals surface area contributed by atoms with E-state index in [2.05, 4.69) is 4.74 Å². The van der Waals surface area contributed by atoms with E-state index in [0.29, 0.717) is 12.0 Å². The van der Waals surface area contributed by atoms with E-state index in [1.165, 1.54) is 7.11 Å². The topological polar surface area (TPSA) is 63.6 Å². The third-order valence-electron chi connectivity index (χ3n) is 3.14. The van der Waals surface area contributed by atoms with E-state index < -0.39 is 17.9 Å². The maximum Gasteiger partial charge on any atom is 0.337 e. The number of carboxylic acid groups (broad SMARTS) is 1. The molecular weight excluding hydrogens is 232 g/mol. The second kappa shape index (κ2) is 5.67. The van der Waals surface area contributed by atoms with E-state index in [1.54, 1.807) is 19.1 Å². The minimum atomic E-state index is -0.837. The van der Waals surface area contributed by atoms with Crippen molar-refractivity contribution in [1.29, 1.82) is 0 Å². The summed E-state index contributed by atoms with van der Waals surface area (Å²) < 4.78 is 4.68. The number of hydrogen-bond donors (Lipinski definition) is 1. The molecule has 0 heterocycles. The Labute approximate surface area is 107 Å². The molecule has 4 heteroatoms. The maximum atomic E-state index is 11.5. The molecule has 0 bridgehead atoms. The van der Waals surface area contributed by atoms with Crippen LogP contribution < -0.4 is 0 Å². The molecule has 1 aromatic rings. The van der Waals surface area contributed by atoms with Gasteiger partial charge >= 0.3 is 11.9 Å². The molecule has 0 aliphatic rings. The number of esters is 1. The van der Waals surface area contributed by atoms with Crippen molar-refractivity contribution in [2.75, 3.05) is 7.11 Å². The van der Waals surface area contributed by atoms with Gasteiger partial charge in [0.2, 0.25) is 0 Å². The molecule has 98 valence electrons. The van der Waals surface area contributed by atoms with Gasteiger partial charge in [-0.05, 0) is 49.1 Å². The minimum absolute atomic E-state index is 0.401. The van der Waals surface area contributed by atoms with E-state index in [1.807, 2.05) is 13.8 Å². The van der Waals surface area contributed by atoms with E-state index in [-0.39, 0.29) is 0 Å². The molecule has 0 aromatic heterocycles. The number of aryl methyl sites for hydroxylation is 1.